The van der Waals surface area contributed by atoms with Crippen molar-refractivity contribution in [3.63, 3.8) is 0 Å². The Morgan fingerprint density at radius 2 is 1.80 bits per heavy atom. The number of halogens is 1. The molecule has 6 heteroatoms. The van der Waals surface area contributed by atoms with Crippen molar-refractivity contribution in [2.45, 2.75) is 12.8 Å². The first-order chi connectivity index (χ1) is 12.2. The molecule has 1 aliphatic heterocycles. The lowest BCUT2D eigenvalue weighted by Gasteiger charge is -2.17. The summed E-state index contributed by atoms with van der Waals surface area (Å²) in [5, 5.41) is 6.45. The number of ether oxygens (including phenoxy) is 1. The number of hydrogen-bond donors (Lipinski definition) is 2. The smallest absolute Gasteiger partial charge is 0.243 e. The zero-order chi connectivity index (χ0) is 17.6. The lowest BCUT2D eigenvalue weighted by molar-refractivity contribution is -0.114. The fourth-order valence-electron chi connectivity index (χ4n) is 2.89. The van der Waals surface area contributed by atoms with Crippen LogP contribution in [0.4, 0.5) is 17.1 Å². The number of anilines is 3. The molecule has 2 N–H and O–H groups in total. The van der Waals surface area contributed by atoms with Crippen molar-refractivity contribution >= 4 is 34.6 Å². The molecule has 25 heavy (non-hydrogen) atoms. The van der Waals surface area contributed by atoms with Crippen molar-refractivity contribution in [2.75, 3.05) is 42.3 Å². The molecular weight excluding hydrogens is 338 g/mol. The number of carbonyl (C=O) groups excluding carboxylic acids is 1. The number of hydrogen-bond acceptors (Lipinski definition) is 4. The van der Waals surface area contributed by atoms with Crippen molar-refractivity contribution < 1.29 is 9.53 Å². The van der Waals surface area contributed by atoms with Gasteiger partial charge >= 0.3 is 0 Å². The van der Waals surface area contributed by atoms with Gasteiger partial charge in [-0.1, -0.05) is 11.6 Å². The van der Waals surface area contributed by atoms with Crippen LogP contribution in [-0.4, -0.2) is 32.7 Å². The predicted molar refractivity (Wildman–Crippen MR) is 103 cm³/mol. The highest BCUT2D eigenvalue weighted by atomic mass is 35.5. The highest BCUT2D eigenvalue weighted by Gasteiger charge is 2.12. The van der Waals surface area contributed by atoms with Gasteiger partial charge in [-0.15, -0.1) is 0 Å². The van der Waals surface area contributed by atoms with Gasteiger partial charge in [0.25, 0.3) is 0 Å². The first kappa shape index (κ1) is 17.4. The number of amides is 1. The molecule has 0 bridgehead atoms. The molecule has 0 radical (unpaired) electrons. The van der Waals surface area contributed by atoms with Crippen LogP contribution in [0, 0.1) is 0 Å². The number of nitrogens with one attached hydrogen (secondary N) is 2. The fourth-order valence-corrected chi connectivity index (χ4v) is 3.15. The van der Waals surface area contributed by atoms with Gasteiger partial charge in [0.05, 0.1) is 18.7 Å². The average molecular weight is 360 g/mol. The normalized spacial score (nSPS) is 13.6. The summed E-state index contributed by atoms with van der Waals surface area (Å²) in [4.78, 5) is 14.5. The molecule has 1 amide bonds. The molecule has 5 nitrogen and oxygen atoms in total. The van der Waals surface area contributed by atoms with E-state index in [1.165, 1.54) is 18.5 Å². The van der Waals surface area contributed by atoms with E-state index in [-0.39, 0.29) is 12.5 Å². The molecular formula is C19H22ClN3O2. The van der Waals surface area contributed by atoms with Gasteiger partial charge in [0, 0.05) is 30.2 Å². The molecule has 2 aromatic rings. The van der Waals surface area contributed by atoms with Crippen LogP contribution in [0.5, 0.6) is 5.75 Å². The van der Waals surface area contributed by atoms with Gasteiger partial charge in [0.2, 0.25) is 5.91 Å². The molecule has 0 spiro atoms. The van der Waals surface area contributed by atoms with Crippen LogP contribution < -0.4 is 20.3 Å². The minimum Gasteiger partial charge on any atom is -0.495 e. The summed E-state index contributed by atoms with van der Waals surface area (Å²) in [5.74, 6) is 0.496. The standard InChI is InChI=1S/C19H22ClN3O2/c1-25-18-9-6-15(12-17(18)20)21-13-19(24)22-14-4-7-16(8-5-14)23-10-2-3-11-23/h4-9,12,21H,2-3,10-11,13H2,1H3,(H,22,24). The maximum Gasteiger partial charge on any atom is 0.243 e. The molecule has 0 saturated carbocycles. The molecule has 1 fully saturated rings. The van der Waals surface area contributed by atoms with Crippen LogP contribution in [-0.2, 0) is 4.79 Å². The maximum atomic E-state index is 12.1. The lowest BCUT2D eigenvalue weighted by atomic mass is 10.2. The second-order valence-corrected chi connectivity index (χ2v) is 6.40. The highest BCUT2D eigenvalue weighted by Crippen LogP contribution is 2.27. The van der Waals surface area contributed by atoms with E-state index in [0.717, 1.165) is 24.5 Å². The third kappa shape index (κ3) is 4.57. The van der Waals surface area contributed by atoms with Gasteiger partial charge in [0.15, 0.2) is 0 Å². The van der Waals surface area contributed by atoms with Gasteiger partial charge in [0.1, 0.15) is 5.75 Å². The molecule has 0 atom stereocenters. The van der Waals surface area contributed by atoms with E-state index in [1.54, 1.807) is 19.2 Å². The third-order valence-electron chi connectivity index (χ3n) is 4.23. The lowest BCUT2D eigenvalue weighted by Crippen LogP contribution is -2.22. The summed E-state index contributed by atoms with van der Waals surface area (Å²) in [6, 6.07) is 13.3. The van der Waals surface area contributed by atoms with E-state index in [1.807, 2.05) is 18.2 Å². The van der Waals surface area contributed by atoms with Gasteiger partial charge < -0.3 is 20.3 Å². The van der Waals surface area contributed by atoms with Gasteiger partial charge in [-0.2, -0.15) is 0 Å². The SMILES string of the molecule is COc1ccc(NCC(=O)Nc2ccc(N3CCCC3)cc2)cc1Cl. The van der Waals surface area contributed by atoms with Crippen molar-refractivity contribution in [3.05, 3.63) is 47.5 Å². The summed E-state index contributed by atoms with van der Waals surface area (Å²) in [7, 11) is 1.57. The van der Waals surface area contributed by atoms with Crippen molar-refractivity contribution in [2.24, 2.45) is 0 Å². The molecule has 1 heterocycles. The van der Waals surface area contributed by atoms with Crippen LogP contribution >= 0.6 is 11.6 Å². The van der Waals surface area contributed by atoms with Crippen molar-refractivity contribution in [3.8, 4) is 5.75 Å². The number of rotatable bonds is 6. The number of nitrogens with zero attached hydrogens (tertiary/aromatic N) is 1. The Morgan fingerprint density at radius 3 is 2.44 bits per heavy atom. The quantitative estimate of drug-likeness (QED) is 0.818. The van der Waals surface area contributed by atoms with Crippen LogP contribution in [0.2, 0.25) is 5.02 Å². The van der Waals surface area contributed by atoms with Crippen LogP contribution in [0.25, 0.3) is 0 Å². The van der Waals surface area contributed by atoms with E-state index in [0.29, 0.717) is 10.8 Å². The number of benzene rings is 2. The monoisotopic (exact) mass is 359 g/mol. The van der Waals surface area contributed by atoms with E-state index in [9.17, 15) is 4.79 Å². The maximum absolute atomic E-state index is 12.1. The molecule has 0 aliphatic carbocycles. The van der Waals surface area contributed by atoms with E-state index in [2.05, 4.69) is 27.7 Å². The average Bonchev–Trinajstić information content (AvgIpc) is 3.15. The zero-order valence-corrected chi connectivity index (χ0v) is 15.0. The molecule has 3 rings (SSSR count). The van der Waals surface area contributed by atoms with E-state index >= 15 is 0 Å². The predicted octanol–water partition coefficient (Wildman–Crippen LogP) is 4.00. The summed E-state index contributed by atoms with van der Waals surface area (Å²) >= 11 is 6.07. The minimum atomic E-state index is -0.110. The largest absolute Gasteiger partial charge is 0.495 e. The molecule has 2 aromatic carbocycles. The zero-order valence-electron chi connectivity index (χ0n) is 14.2. The first-order valence-electron chi connectivity index (χ1n) is 8.38. The Labute approximate surface area is 152 Å². The third-order valence-corrected chi connectivity index (χ3v) is 4.52. The summed E-state index contributed by atoms with van der Waals surface area (Å²) < 4.78 is 5.11. The molecule has 0 aromatic heterocycles. The topological polar surface area (TPSA) is 53.6 Å². The fraction of sp³-hybridized carbons (Fsp3) is 0.316. The minimum absolute atomic E-state index is 0.110. The summed E-state index contributed by atoms with van der Waals surface area (Å²) in [6.45, 7) is 2.39. The highest BCUT2D eigenvalue weighted by molar-refractivity contribution is 6.32. The molecule has 132 valence electrons. The molecule has 1 aliphatic rings. The summed E-state index contributed by atoms with van der Waals surface area (Å²) in [6.07, 6.45) is 2.50. The summed E-state index contributed by atoms with van der Waals surface area (Å²) in [5.41, 5.74) is 2.77. The van der Waals surface area contributed by atoms with E-state index < -0.39 is 0 Å². The Bertz CT molecular complexity index is 728. The number of methoxy groups -OCH3 is 1. The number of carbonyl (C=O) groups is 1. The first-order valence-corrected chi connectivity index (χ1v) is 8.76. The second-order valence-electron chi connectivity index (χ2n) is 5.99. The Kier molecular flexibility index (Phi) is 5.66. The van der Waals surface area contributed by atoms with E-state index in [4.69, 9.17) is 16.3 Å². The van der Waals surface area contributed by atoms with Crippen LogP contribution in [0.1, 0.15) is 12.8 Å². The van der Waals surface area contributed by atoms with Gasteiger partial charge in [-0.05, 0) is 55.3 Å². The van der Waals surface area contributed by atoms with Gasteiger partial charge in [-0.25, -0.2) is 0 Å². The van der Waals surface area contributed by atoms with Crippen LogP contribution in [0.15, 0.2) is 42.5 Å². The van der Waals surface area contributed by atoms with Crippen LogP contribution in [0.3, 0.4) is 0 Å². The van der Waals surface area contributed by atoms with Gasteiger partial charge in [-0.3, -0.25) is 4.79 Å². The van der Waals surface area contributed by atoms with Crippen molar-refractivity contribution in [1.29, 1.82) is 0 Å². The Balaban J connectivity index is 1.51. The molecule has 1 saturated heterocycles. The Hall–Kier alpha value is -2.40. The second kappa shape index (κ2) is 8.12. The molecule has 0 unspecified atom stereocenters. The van der Waals surface area contributed by atoms with Crippen molar-refractivity contribution in [1.82, 2.24) is 0 Å². The Morgan fingerprint density at radius 1 is 1.12 bits per heavy atom.